The van der Waals surface area contributed by atoms with Crippen LogP contribution in [0.2, 0.25) is 0 Å². The van der Waals surface area contributed by atoms with Crippen LogP contribution < -0.4 is 10.1 Å². The smallest absolute Gasteiger partial charge is 0.426 e. The Bertz CT molecular complexity index is 1120. The quantitative estimate of drug-likeness (QED) is 0.391. The standard InChI is InChI=1S/C24H22F3NO4S/c1-23(2,13-20(29)30)22(31)28-16-8-10-17(11-9-16)32-14-18-12-19(15-6-4-3-5-7-15)21(33-18)24(25,26)27/h3-12H,13-14H2,1-2H3,(H,28,31)(H,29,30). The van der Waals surface area contributed by atoms with E-state index in [0.29, 0.717) is 33.2 Å². The number of carboxylic acids is 1. The van der Waals surface area contributed by atoms with Crippen LogP contribution in [0.3, 0.4) is 0 Å². The number of anilines is 1. The van der Waals surface area contributed by atoms with E-state index in [4.69, 9.17) is 9.84 Å². The molecule has 3 rings (SSSR count). The first-order chi connectivity index (χ1) is 15.5. The summed E-state index contributed by atoms with van der Waals surface area (Å²) >= 11 is 0.645. The van der Waals surface area contributed by atoms with Gasteiger partial charge in [-0.2, -0.15) is 13.2 Å². The molecular formula is C24H22F3NO4S. The lowest BCUT2D eigenvalue weighted by molar-refractivity contribution is -0.142. The summed E-state index contributed by atoms with van der Waals surface area (Å²) < 4.78 is 46.2. The number of alkyl halides is 3. The zero-order valence-electron chi connectivity index (χ0n) is 17.9. The monoisotopic (exact) mass is 477 g/mol. The minimum atomic E-state index is -4.47. The topological polar surface area (TPSA) is 75.6 Å². The molecule has 0 bridgehead atoms. The molecule has 0 aliphatic heterocycles. The van der Waals surface area contributed by atoms with Crippen LogP contribution >= 0.6 is 11.3 Å². The SMILES string of the molecule is CC(C)(CC(=O)O)C(=O)Nc1ccc(OCc2cc(-c3ccccc3)c(C(F)(F)F)s2)cc1. The number of carbonyl (C=O) groups excluding carboxylic acids is 1. The number of thiophene rings is 1. The van der Waals surface area contributed by atoms with E-state index in [2.05, 4.69) is 5.32 Å². The number of hydrogen-bond donors (Lipinski definition) is 2. The maximum Gasteiger partial charge on any atom is 0.426 e. The molecule has 0 fully saturated rings. The molecule has 174 valence electrons. The summed E-state index contributed by atoms with van der Waals surface area (Å²) in [7, 11) is 0. The Morgan fingerprint density at radius 2 is 1.67 bits per heavy atom. The second kappa shape index (κ2) is 9.66. The predicted molar refractivity (Wildman–Crippen MR) is 120 cm³/mol. The molecule has 0 radical (unpaired) electrons. The van der Waals surface area contributed by atoms with Crippen molar-refractivity contribution < 1.29 is 32.6 Å². The third kappa shape index (κ3) is 6.35. The highest BCUT2D eigenvalue weighted by atomic mass is 32.1. The molecule has 0 saturated heterocycles. The Hall–Kier alpha value is -3.33. The van der Waals surface area contributed by atoms with Crippen LogP contribution in [-0.4, -0.2) is 17.0 Å². The molecule has 0 spiro atoms. The van der Waals surface area contributed by atoms with Crippen LogP contribution in [0, 0.1) is 5.41 Å². The number of carbonyl (C=O) groups is 2. The minimum absolute atomic E-state index is 0.0437. The highest BCUT2D eigenvalue weighted by molar-refractivity contribution is 7.12. The first kappa shape index (κ1) is 24.3. The number of rotatable bonds is 8. The van der Waals surface area contributed by atoms with Crippen molar-refractivity contribution in [2.75, 3.05) is 5.32 Å². The van der Waals surface area contributed by atoms with Crippen molar-refractivity contribution in [2.45, 2.75) is 33.1 Å². The number of hydrogen-bond acceptors (Lipinski definition) is 4. The fourth-order valence-electron chi connectivity index (χ4n) is 3.10. The second-order valence-corrected chi connectivity index (χ2v) is 9.18. The predicted octanol–water partition coefficient (Wildman–Crippen LogP) is 6.45. The van der Waals surface area contributed by atoms with Gasteiger partial charge in [-0.25, -0.2) is 0 Å². The normalized spacial score (nSPS) is 11.8. The zero-order valence-corrected chi connectivity index (χ0v) is 18.7. The van der Waals surface area contributed by atoms with Crippen molar-refractivity contribution >= 4 is 28.9 Å². The van der Waals surface area contributed by atoms with Gasteiger partial charge in [0.2, 0.25) is 5.91 Å². The average Bonchev–Trinajstić information content (AvgIpc) is 3.18. The number of benzene rings is 2. The van der Waals surface area contributed by atoms with Crippen LogP contribution in [0.4, 0.5) is 18.9 Å². The maximum atomic E-state index is 13.5. The van der Waals surface area contributed by atoms with Crippen molar-refractivity contribution in [2.24, 2.45) is 5.41 Å². The van der Waals surface area contributed by atoms with Gasteiger partial charge in [0.05, 0.1) is 11.8 Å². The highest BCUT2D eigenvalue weighted by Crippen LogP contribution is 2.43. The van der Waals surface area contributed by atoms with Gasteiger partial charge in [0, 0.05) is 16.1 Å². The first-order valence-corrected chi connectivity index (χ1v) is 10.8. The highest BCUT2D eigenvalue weighted by Gasteiger charge is 2.36. The maximum absolute atomic E-state index is 13.5. The van der Waals surface area contributed by atoms with E-state index in [-0.39, 0.29) is 18.6 Å². The molecule has 1 aromatic heterocycles. The van der Waals surface area contributed by atoms with E-state index in [1.165, 1.54) is 19.9 Å². The third-order valence-corrected chi connectivity index (χ3v) is 5.98. The Kier molecular flexibility index (Phi) is 7.12. The molecule has 0 saturated carbocycles. The van der Waals surface area contributed by atoms with Crippen LogP contribution in [0.25, 0.3) is 11.1 Å². The lowest BCUT2D eigenvalue weighted by Gasteiger charge is -2.21. The van der Waals surface area contributed by atoms with Crippen molar-refractivity contribution in [3.05, 3.63) is 70.4 Å². The molecule has 2 aromatic carbocycles. The summed E-state index contributed by atoms with van der Waals surface area (Å²) in [5.74, 6) is -1.09. The van der Waals surface area contributed by atoms with Gasteiger partial charge in [0.1, 0.15) is 17.2 Å². The lowest BCUT2D eigenvalue weighted by Crippen LogP contribution is -2.32. The fourth-order valence-corrected chi connectivity index (χ4v) is 4.06. The van der Waals surface area contributed by atoms with Crippen LogP contribution in [-0.2, 0) is 22.4 Å². The molecule has 2 N–H and O–H groups in total. The van der Waals surface area contributed by atoms with Crippen molar-refractivity contribution in [3.8, 4) is 16.9 Å². The molecule has 1 heterocycles. The van der Waals surface area contributed by atoms with E-state index in [9.17, 15) is 22.8 Å². The summed E-state index contributed by atoms with van der Waals surface area (Å²) in [6.45, 7) is 3.03. The van der Waals surface area contributed by atoms with Gasteiger partial charge < -0.3 is 15.2 Å². The van der Waals surface area contributed by atoms with Gasteiger partial charge in [-0.15, -0.1) is 11.3 Å². The van der Waals surface area contributed by atoms with Crippen LogP contribution in [0.15, 0.2) is 60.7 Å². The van der Waals surface area contributed by atoms with Crippen molar-refractivity contribution in [1.29, 1.82) is 0 Å². The second-order valence-electron chi connectivity index (χ2n) is 8.04. The number of carboxylic acid groups (broad SMARTS) is 1. The van der Waals surface area contributed by atoms with Crippen LogP contribution in [0.5, 0.6) is 5.75 Å². The number of ether oxygens (including phenoxy) is 1. The number of amides is 1. The third-order valence-electron chi connectivity index (χ3n) is 4.83. The minimum Gasteiger partial charge on any atom is -0.488 e. The molecule has 0 aliphatic carbocycles. The van der Waals surface area contributed by atoms with E-state index < -0.39 is 28.3 Å². The van der Waals surface area contributed by atoms with E-state index in [0.717, 1.165) is 0 Å². The molecule has 3 aromatic rings. The van der Waals surface area contributed by atoms with Gasteiger partial charge in [-0.1, -0.05) is 44.2 Å². The van der Waals surface area contributed by atoms with E-state index in [1.807, 2.05) is 0 Å². The van der Waals surface area contributed by atoms with Crippen molar-refractivity contribution in [3.63, 3.8) is 0 Å². The lowest BCUT2D eigenvalue weighted by atomic mass is 9.88. The number of halogens is 3. The Morgan fingerprint density at radius 3 is 2.24 bits per heavy atom. The fraction of sp³-hybridized carbons (Fsp3) is 0.250. The van der Waals surface area contributed by atoms with Crippen molar-refractivity contribution in [1.82, 2.24) is 0 Å². The summed E-state index contributed by atoms with van der Waals surface area (Å²) in [5.41, 5.74) is -0.0352. The number of aliphatic carboxylic acids is 1. The molecule has 33 heavy (non-hydrogen) atoms. The Morgan fingerprint density at radius 1 is 1.03 bits per heavy atom. The summed E-state index contributed by atoms with van der Waals surface area (Å²) in [6.07, 6.45) is -4.78. The molecule has 0 atom stereocenters. The largest absolute Gasteiger partial charge is 0.488 e. The Labute approximate surface area is 192 Å². The molecule has 1 amide bonds. The molecular weight excluding hydrogens is 455 g/mol. The van der Waals surface area contributed by atoms with Gasteiger partial charge in [-0.05, 0) is 35.9 Å². The molecule has 0 aliphatic rings. The molecule has 9 heteroatoms. The van der Waals surface area contributed by atoms with Gasteiger partial charge in [-0.3, -0.25) is 9.59 Å². The Balaban J connectivity index is 1.68. The van der Waals surface area contributed by atoms with Gasteiger partial charge >= 0.3 is 12.1 Å². The molecule has 0 unspecified atom stereocenters. The summed E-state index contributed by atoms with van der Waals surface area (Å²) in [5, 5.41) is 11.6. The summed E-state index contributed by atoms with van der Waals surface area (Å²) in [6, 6.07) is 16.2. The van der Waals surface area contributed by atoms with E-state index in [1.54, 1.807) is 54.6 Å². The molecule has 5 nitrogen and oxygen atoms in total. The van der Waals surface area contributed by atoms with Gasteiger partial charge in [0.25, 0.3) is 0 Å². The van der Waals surface area contributed by atoms with Crippen LogP contribution in [0.1, 0.15) is 30.0 Å². The summed E-state index contributed by atoms with van der Waals surface area (Å²) in [4.78, 5) is 23.0. The first-order valence-electron chi connectivity index (χ1n) is 9.97. The zero-order chi connectivity index (χ0) is 24.2. The number of nitrogens with one attached hydrogen (secondary N) is 1. The van der Waals surface area contributed by atoms with Gasteiger partial charge in [0.15, 0.2) is 0 Å². The average molecular weight is 478 g/mol. The van der Waals surface area contributed by atoms with E-state index >= 15 is 0 Å².